The summed E-state index contributed by atoms with van der Waals surface area (Å²) in [6.07, 6.45) is 2.29. The smallest absolute Gasteiger partial charge is 0.130 e. The van der Waals surface area contributed by atoms with Crippen LogP contribution < -0.4 is 10.5 Å². The van der Waals surface area contributed by atoms with Crippen LogP contribution in [-0.2, 0) is 6.42 Å². The number of nitrogens with zero attached hydrogens (tertiary/aromatic N) is 2. The summed E-state index contributed by atoms with van der Waals surface area (Å²) in [5, 5.41) is 0. The zero-order valence-corrected chi connectivity index (χ0v) is 11.8. The van der Waals surface area contributed by atoms with Crippen molar-refractivity contribution in [1.29, 1.82) is 0 Å². The van der Waals surface area contributed by atoms with Crippen molar-refractivity contribution in [2.24, 2.45) is 0 Å². The topological polar surface area (TPSA) is 61.0 Å². The normalized spacial score (nSPS) is 10.5. The number of benzene rings is 1. The number of anilines is 1. The number of aromatic nitrogens is 2. The largest absolute Gasteiger partial charge is 0.496 e. The zero-order valence-electron chi connectivity index (χ0n) is 11.8. The second-order valence-corrected chi connectivity index (χ2v) is 4.60. The van der Waals surface area contributed by atoms with E-state index in [0.29, 0.717) is 5.82 Å². The van der Waals surface area contributed by atoms with E-state index < -0.39 is 0 Å². The predicted molar refractivity (Wildman–Crippen MR) is 77.3 cm³/mol. The maximum atomic E-state index is 5.95. The van der Waals surface area contributed by atoms with Gasteiger partial charge < -0.3 is 10.5 Å². The third kappa shape index (κ3) is 2.38. The summed E-state index contributed by atoms with van der Waals surface area (Å²) in [5.41, 5.74) is 11.1. The first-order valence-electron chi connectivity index (χ1n) is 6.33. The molecule has 1 aromatic heterocycles. The highest BCUT2D eigenvalue weighted by atomic mass is 16.5. The first-order valence-corrected chi connectivity index (χ1v) is 6.33. The third-order valence-corrected chi connectivity index (χ3v) is 3.23. The zero-order chi connectivity index (χ0) is 14.0. The van der Waals surface area contributed by atoms with E-state index in [4.69, 9.17) is 10.5 Å². The fraction of sp³-hybridized carbons (Fsp3) is 0.333. The lowest BCUT2D eigenvalue weighted by molar-refractivity contribution is 0.415. The molecule has 0 aliphatic rings. The number of methoxy groups -OCH3 is 1. The first-order chi connectivity index (χ1) is 9.08. The lowest BCUT2D eigenvalue weighted by Crippen LogP contribution is -2.03. The van der Waals surface area contributed by atoms with Crippen molar-refractivity contribution in [2.45, 2.75) is 27.2 Å². The van der Waals surface area contributed by atoms with Crippen LogP contribution in [0.3, 0.4) is 0 Å². The van der Waals surface area contributed by atoms with E-state index in [2.05, 4.69) is 29.9 Å². The van der Waals surface area contributed by atoms with E-state index in [1.165, 1.54) is 6.33 Å². The highest BCUT2D eigenvalue weighted by Gasteiger charge is 2.16. The Morgan fingerprint density at radius 2 is 1.95 bits per heavy atom. The first kappa shape index (κ1) is 13.3. The minimum absolute atomic E-state index is 0.537. The molecule has 4 heteroatoms. The van der Waals surface area contributed by atoms with Gasteiger partial charge in [-0.1, -0.05) is 13.0 Å². The lowest BCUT2D eigenvalue weighted by atomic mass is 9.97. The van der Waals surface area contributed by atoms with E-state index in [9.17, 15) is 0 Å². The summed E-state index contributed by atoms with van der Waals surface area (Å²) >= 11 is 0. The molecule has 100 valence electrons. The van der Waals surface area contributed by atoms with Gasteiger partial charge in [0.1, 0.15) is 17.9 Å². The van der Waals surface area contributed by atoms with Crippen LogP contribution in [0.4, 0.5) is 5.82 Å². The van der Waals surface area contributed by atoms with Crippen molar-refractivity contribution in [3.8, 4) is 17.0 Å². The molecule has 2 N–H and O–H groups in total. The number of nitrogens with two attached hydrogens (primary N) is 1. The molecule has 0 bridgehead atoms. The summed E-state index contributed by atoms with van der Waals surface area (Å²) < 4.78 is 5.50. The average molecular weight is 257 g/mol. The van der Waals surface area contributed by atoms with Crippen LogP contribution in [0.25, 0.3) is 11.3 Å². The van der Waals surface area contributed by atoms with Gasteiger partial charge in [-0.05, 0) is 37.5 Å². The van der Waals surface area contributed by atoms with Gasteiger partial charge in [0.2, 0.25) is 0 Å². The fourth-order valence-corrected chi connectivity index (χ4v) is 2.38. The summed E-state index contributed by atoms with van der Waals surface area (Å²) in [6.45, 7) is 6.16. The summed E-state index contributed by atoms with van der Waals surface area (Å²) in [7, 11) is 1.67. The Labute approximate surface area is 113 Å². The Balaban J connectivity index is 2.75. The molecule has 0 spiro atoms. The molecule has 2 rings (SSSR count). The molecule has 0 amide bonds. The van der Waals surface area contributed by atoms with Gasteiger partial charge in [0.15, 0.2) is 0 Å². The average Bonchev–Trinajstić information content (AvgIpc) is 2.37. The molecule has 0 radical (unpaired) electrons. The minimum atomic E-state index is 0.537. The quantitative estimate of drug-likeness (QED) is 0.918. The molecular weight excluding hydrogens is 238 g/mol. The number of hydrogen-bond donors (Lipinski definition) is 1. The Kier molecular flexibility index (Phi) is 3.69. The van der Waals surface area contributed by atoms with Crippen LogP contribution in [0.2, 0.25) is 0 Å². The van der Waals surface area contributed by atoms with Crippen molar-refractivity contribution < 1.29 is 4.74 Å². The molecule has 1 aromatic carbocycles. The Bertz CT molecular complexity index is 609. The van der Waals surface area contributed by atoms with E-state index >= 15 is 0 Å². The number of aryl methyl sites for hydroxylation is 2. The Hall–Kier alpha value is -2.10. The summed E-state index contributed by atoms with van der Waals surface area (Å²) in [4.78, 5) is 8.47. The highest BCUT2D eigenvalue weighted by molar-refractivity contribution is 5.76. The molecule has 0 atom stereocenters. The van der Waals surface area contributed by atoms with Crippen molar-refractivity contribution in [1.82, 2.24) is 9.97 Å². The van der Waals surface area contributed by atoms with E-state index in [1.807, 2.05) is 13.0 Å². The maximum absolute atomic E-state index is 5.95. The Morgan fingerprint density at radius 3 is 2.58 bits per heavy atom. The van der Waals surface area contributed by atoms with Crippen LogP contribution in [0.15, 0.2) is 18.5 Å². The number of rotatable bonds is 3. The van der Waals surface area contributed by atoms with Crippen molar-refractivity contribution in [3.63, 3.8) is 0 Å². The van der Waals surface area contributed by atoms with Gasteiger partial charge in [0, 0.05) is 11.1 Å². The van der Waals surface area contributed by atoms with Crippen LogP contribution in [-0.4, -0.2) is 17.1 Å². The van der Waals surface area contributed by atoms with Crippen molar-refractivity contribution in [2.75, 3.05) is 12.8 Å². The molecule has 1 heterocycles. The van der Waals surface area contributed by atoms with Gasteiger partial charge in [0.25, 0.3) is 0 Å². The van der Waals surface area contributed by atoms with Gasteiger partial charge in [-0.3, -0.25) is 0 Å². The molecule has 0 saturated heterocycles. The van der Waals surface area contributed by atoms with Gasteiger partial charge in [0.05, 0.1) is 12.8 Å². The fourth-order valence-electron chi connectivity index (χ4n) is 2.38. The molecule has 0 aliphatic carbocycles. The summed E-state index contributed by atoms with van der Waals surface area (Å²) in [6, 6.07) is 4.13. The van der Waals surface area contributed by atoms with Gasteiger partial charge in [-0.2, -0.15) is 0 Å². The molecular formula is C15H19N3O. The maximum Gasteiger partial charge on any atom is 0.130 e. The second kappa shape index (κ2) is 5.26. The van der Waals surface area contributed by atoms with E-state index in [1.54, 1.807) is 7.11 Å². The molecule has 0 aliphatic heterocycles. The lowest BCUT2D eigenvalue weighted by Gasteiger charge is -2.15. The van der Waals surface area contributed by atoms with Gasteiger partial charge >= 0.3 is 0 Å². The van der Waals surface area contributed by atoms with Gasteiger partial charge in [-0.15, -0.1) is 0 Å². The second-order valence-electron chi connectivity index (χ2n) is 4.60. The van der Waals surface area contributed by atoms with Crippen LogP contribution in [0.5, 0.6) is 5.75 Å². The molecule has 0 fully saturated rings. The van der Waals surface area contributed by atoms with Crippen molar-refractivity contribution >= 4 is 5.82 Å². The number of nitrogen functional groups attached to an aromatic ring is 1. The summed E-state index contributed by atoms with van der Waals surface area (Å²) in [5.74, 6) is 1.36. The minimum Gasteiger partial charge on any atom is -0.496 e. The van der Waals surface area contributed by atoms with E-state index in [0.717, 1.165) is 40.1 Å². The van der Waals surface area contributed by atoms with Crippen molar-refractivity contribution in [3.05, 3.63) is 35.2 Å². The Morgan fingerprint density at radius 1 is 1.21 bits per heavy atom. The van der Waals surface area contributed by atoms with Gasteiger partial charge in [-0.25, -0.2) is 9.97 Å². The predicted octanol–water partition coefficient (Wildman–Crippen LogP) is 2.91. The molecule has 19 heavy (non-hydrogen) atoms. The molecule has 2 aromatic rings. The van der Waals surface area contributed by atoms with E-state index in [-0.39, 0.29) is 0 Å². The molecule has 4 nitrogen and oxygen atoms in total. The molecule has 0 saturated carbocycles. The monoisotopic (exact) mass is 257 g/mol. The molecule has 0 unspecified atom stereocenters. The van der Waals surface area contributed by atoms with Crippen LogP contribution in [0.1, 0.15) is 23.6 Å². The number of hydrogen-bond acceptors (Lipinski definition) is 4. The van der Waals surface area contributed by atoms with Crippen LogP contribution >= 0.6 is 0 Å². The standard InChI is InChI=1S/C15H19N3O/c1-5-11-14(17-8-18-15(11)16)13-10(3)6-9(2)7-12(13)19-4/h6-8H,5H2,1-4H3,(H2,16,17,18). The van der Waals surface area contributed by atoms with Crippen LogP contribution in [0, 0.1) is 13.8 Å². The highest BCUT2D eigenvalue weighted by Crippen LogP contribution is 2.36. The number of ether oxygens (including phenoxy) is 1. The SMILES string of the molecule is CCc1c(N)ncnc1-c1c(C)cc(C)cc1OC. The third-order valence-electron chi connectivity index (χ3n) is 3.23.